The van der Waals surface area contributed by atoms with Crippen LogP contribution in [0.4, 0.5) is 0 Å². The van der Waals surface area contributed by atoms with Crippen LogP contribution < -0.4 is 0 Å². The van der Waals surface area contributed by atoms with Crippen LogP contribution in [0.25, 0.3) is 0 Å². The lowest BCUT2D eigenvalue weighted by molar-refractivity contribution is -0.231. The van der Waals surface area contributed by atoms with Gasteiger partial charge in [-0.25, -0.2) is 4.57 Å². The number of ether oxygens (including phenoxy) is 5. The molecule has 3 fully saturated rings. The predicted octanol–water partition coefficient (Wildman–Crippen LogP) is 2.58. The first-order valence-electron chi connectivity index (χ1n) is 8.98. The molecule has 0 saturated carbocycles. The van der Waals surface area contributed by atoms with Crippen molar-refractivity contribution >= 4 is 7.82 Å². The van der Waals surface area contributed by atoms with Gasteiger partial charge in [-0.1, -0.05) is 0 Å². The van der Waals surface area contributed by atoms with E-state index < -0.39 is 50.1 Å². The third-order valence-electron chi connectivity index (χ3n) is 4.25. The summed E-state index contributed by atoms with van der Waals surface area (Å²) in [6.07, 6.45) is -3.03. The molecule has 26 heavy (non-hydrogen) atoms. The molecular formula is C16H29O9P. The number of hydrogen-bond donors (Lipinski definition) is 0. The lowest BCUT2D eigenvalue weighted by Crippen LogP contribution is -2.44. The number of phosphoric acid groups is 1. The second kappa shape index (κ2) is 7.39. The van der Waals surface area contributed by atoms with Crippen molar-refractivity contribution in [3.05, 3.63) is 0 Å². The fraction of sp³-hybridized carbons (Fsp3) is 1.00. The maximum Gasteiger partial charge on any atom is 0.475 e. The molecule has 0 aromatic carbocycles. The molecule has 3 aliphatic heterocycles. The molecule has 0 amide bonds. The lowest BCUT2D eigenvalue weighted by Gasteiger charge is -2.30. The van der Waals surface area contributed by atoms with Crippen LogP contribution >= 0.6 is 7.82 Å². The van der Waals surface area contributed by atoms with Crippen LogP contribution in [0.3, 0.4) is 0 Å². The van der Waals surface area contributed by atoms with E-state index in [-0.39, 0.29) is 13.2 Å². The van der Waals surface area contributed by atoms with E-state index in [0.717, 1.165) is 0 Å². The highest BCUT2D eigenvalue weighted by Crippen LogP contribution is 2.54. The first kappa shape index (κ1) is 20.6. The zero-order chi connectivity index (χ0) is 19.2. The molecule has 0 unspecified atom stereocenters. The summed E-state index contributed by atoms with van der Waals surface area (Å²) in [5.74, 6) is -1.57. The van der Waals surface area contributed by atoms with Crippen molar-refractivity contribution < 1.29 is 41.8 Å². The van der Waals surface area contributed by atoms with Crippen LogP contribution in [0.5, 0.6) is 0 Å². The van der Waals surface area contributed by atoms with Crippen molar-refractivity contribution in [2.24, 2.45) is 0 Å². The first-order chi connectivity index (χ1) is 12.1. The average molecular weight is 396 g/mol. The topological polar surface area (TPSA) is 90.9 Å². The number of phosphoric ester groups is 1. The van der Waals surface area contributed by atoms with E-state index in [9.17, 15) is 4.57 Å². The minimum atomic E-state index is -3.78. The molecule has 10 heteroatoms. The van der Waals surface area contributed by atoms with Gasteiger partial charge in [-0.2, -0.15) is 0 Å². The summed E-state index contributed by atoms with van der Waals surface area (Å²) in [7, 11) is -3.78. The van der Waals surface area contributed by atoms with Crippen molar-refractivity contribution in [1.29, 1.82) is 0 Å². The molecule has 152 valence electrons. The van der Waals surface area contributed by atoms with Gasteiger partial charge in [0.15, 0.2) is 17.9 Å². The van der Waals surface area contributed by atoms with E-state index in [2.05, 4.69) is 0 Å². The molecule has 0 bridgehead atoms. The van der Waals surface area contributed by atoms with Gasteiger partial charge in [-0.05, 0) is 41.5 Å². The normalized spacial score (nSPS) is 38.6. The maximum atomic E-state index is 12.9. The van der Waals surface area contributed by atoms with E-state index in [1.807, 2.05) is 13.8 Å². The molecular weight excluding hydrogens is 367 g/mol. The van der Waals surface area contributed by atoms with Crippen molar-refractivity contribution in [1.82, 2.24) is 0 Å². The molecule has 0 spiro atoms. The largest absolute Gasteiger partial charge is 0.475 e. The van der Waals surface area contributed by atoms with Gasteiger partial charge in [-0.15, -0.1) is 0 Å². The first-order valence-corrected chi connectivity index (χ1v) is 10.4. The van der Waals surface area contributed by atoms with Gasteiger partial charge < -0.3 is 23.7 Å². The Morgan fingerprint density at radius 1 is 0.962 bits per heavy atom. The average Bonchev–Trinajstić information content (AvgIpc) is 3.10. The molecule has 0 aromatic heterocycles. The summed E-state index contributed by atoms with van der Waals surface area (Å²) >= 11 is 0. The molecule has 3 saturated heterocycles. The Kier molecular flexibility index (Phi) is 5.86. The smallest absolute Gasteiger partial charge is 0.348 e. The maximum absolute atomic E-state index is 12.9. The summed E-state index contributed by atoms with van der Waals surface area (Å²) in [6, 6.07) is 0. The molecule has 0 radical (unpaired) electrons. The summed E-state index contributed by atoms with van der Waals surface area (Å²) < 4.78 is 58.5. The highest BCUT2D eigenvalue weighted by atomic mass is 31.2. The predicted molar refractivity (Wildman–Crippen MR) is 89.3 cm³/mol. The van der Waals surface area contributed by atoms with Gasteiger partial charge in [0.25, 0.3) is 0 Å². The monoisotopic (exact) mass is 396 g/mol. The van der Waals surface area contributed by atoms with Crippen LogP contribution in [0.15, 0.2) is 0 Å². The van der Waals surface area contributed by atoms with Gasteiger partial charge in [0, 0.05) is 0 Å². The van der Waals surface area contributed by atoms with Crippen molar-refractivity contribution in [3.63, 3.8) is 0 Å². The van der Waals surface area contributed by atoms with Gasteiger partial charge in [0.05, 0.1) is 19.8 Å². The van der Waals surface area contributed by atoms with E-state index in [1.54, 1.807) is 27.7 Å². The SMILES string of the molecule is CCOP(=O)(OCC)O[C@@H]1[C@H]2OC(C)(C)O[C@H]2O[C@@H]1[C@H]1COC(C)(C)O1. The number of hydrogen-bond acceptors (Lipinski definition) is 9. The van der Waals surface area contributed by atoms with Crippen LogP contribution in [0.2, 0.25) is 0 Å². The van der Waals surface area contributed by atoms with Crippen molar-refractivity contribution in [2.45, 2.75) is 83.8 Å². The number of fused-ring (bicyclic) bond motifs is 1. The van der Waals surface area contributed by atoms with E-state index in [4.69, 9.17) is 37.3 Å². The molecule has 0 aromatic rings. The Morgan fingerprint density at radius 2 is 1.62 bits per heavy atom. The highest BCUT2D eigenvalue weighted by molar-refractivity contribution is 7.48. The fourth-order valence-corrected chi connectivity index (χ4v) is 4.73. The number of rotatable bonds is 7. The van der Waals surface area contributed by atoms with Crippen LogP contribution in [-0.4, -0.2) is 62.1 Å². The Labute approximate surface area is 154 Å². The standard InChI is InChI=1S/C16H29O9P/c1-7-19-26(17,20-8-2)25-12-11(10-9-18-15(3,4)22-10)21-14-13(12)23-16(5,6)24-14/h10-14H,7-9H2,1-6H3/t10-,11-,12+,13-,14-/m1/s1. The van der Waals surface area contributed by atoms with Gasteiger partial charge >= 0.3 is 7.82 Å². The van der Waals surface area contributed by atoms with E-state index in [0.29, 0.717) is 6.61 Å². The summed E-state index contributed by atoms with van der Waals surface area (Å²) in [5.41, 5.74) is 0. The molecule has 3 rings (SSSR count). The zero-order valence-corrected chi connectivity index (χ0v) is 17.0. The highest BCUT2D eigenvalue weighted by Gasteiger charge is 2.60. The Hall–Kier alpha value is -0.0900. The zero-order valence-electron chi connectivity index (χ0n) is 16.1. The van der Waals surface area contributed by atoms with Crippen LogP contribution in [0, 0.1) is 0 Å². The van der Waals surface area contributed by atoms with Gasteiger partial charge in [0.2, 0.25) is 0 Å². The van der Waals surface area contributed by atoms with Crippen molar-refractivity contribution in [2.75, 3.05) is 19.8 Å². The Bertz CT molecular complexity index is 542. The Balaban J connectivity index is 1.81. The lowest BCUT2D eigenvalue weighted by atomic mass is 10.1. The van der Waals surface area contributed by atoms with Crippen LogP contribution in [-0.2, 0) is 41.8 Å². The van der Waals surface area contributed by atoms with Gasteiger partial charge in [-0.3, -0.25) is 13.6 Å². The second-order valence-electron chi connectivity index (χ2n) is 7.29. The molecule has 5 atom stereocenters. The Morgan fingerprint density at radius 3 is 2.15 bits per heavy atom. The van der Waals surface area contributed by atoms with Crippen molar-refractivity contribution in [3.8, 4) is 0 Å². The third kappa shape index (κ3) is 4.32. The fourth-order valence-electron chi connectivity index (χ4n) is 3.36. The molecule has 3 aliphatic rings. The molecule has 3 heterocycles. The van der Waals surface area contributed by atoms with Gasteiger partial charge in [0.1, 0.15) is 24.4 Å². The van der Waals surface area contributed by atoms with Crippen LogP contribution in [0.1, 0.15) is 41.5 Å². The minimum Gasteiger partial charge on any atom is -0.348 e. The van der Waals surface area contributed by atoms with E-state index in [1.165, 1.54) is 0 Å². The summed E-state index contributed by atoms with van der Waals surface area (Å²) in [4.78, 5) is 0. The molecule has 9 nitrogen and oxygen atoms in total. The summed E-state index contributed by atoms with van der Waals surface area (Å²) in [5, 5.41) is 0. The third-order valence-corrected chi connectivity index (χ3v) is 5.90. The molecule has 0 N–H and O–H groups in total. The minimum absolute atomic E-state index is 0.183. The van der Waals surface area contributed by atoms with E-state index >= 15 is 0 Å². The second-order valence-corrected chi connectivity index (χ2v) is 8.91. The molecule has 0 aliphatic carbocycles. The quantitative estimate of drug-likeness (QED) is 0.602. The summed E-state index contributed by atoms with van der Waals surface area (Å²) in [6.45, 7) is 11.3.